The number of aromatic nitrogens is 2. The van der Waals surface area contributed by atoms with Gasteiger partial charge in [0.05, 0.1) is 45.9 Å². The van der Waals surface area contributed by atoms with Crippen molar-refractivity contribution in [3.63, 3.8) is 0 Å². The van der Waals surface area contributed by atoms with Gasteiger partial charge in [-0.2, -0.15) is 5.10 Å². The number of ketones is 1. The summed E-state index contributed by atoms with van der Waals surface area (Å²) in [5.74, 6) is -1.73. The van der Waals surface area contributed by atoms with Gasteiger partial charge in [0.25, 0.3) is 5.91 Å². The number of carbonyl (C=O) groups is 3. The number of hydrogen-bond acceptors (Lipinski definition) is 4. The molecule has 6 atom stereocenters. The van der Waals surface area contributed by atoms with Crippen molar-refractivity contribution in [1.82, 2.24) is 14.7 Å². The van der Waals surface area contributed by atoms with E-state index < -0.39 is 17.6 Å². The Bertz CT molecular complexity index is 1330. The highest BCUT2D eigenvalue weighted by atomic mass is 35.5. The van der Waals surface area contributed by atoms with Gasteiger partial charge in [0, 0.05) is 11.7 Å². The molecule has 3 saturated carbocycles. The quantitative estimate of drug-likeness (QED) is 0.301. The summed E-state index contributed by atoms with van der Waals surface area (Å²) in [5.41, 5.74) is 1.22. The number of amides is 1. The predicted molar refractivity (Wildman–Crippen MR) is 146 cm³/mol. The number of aliphatic carboxylic acids is 1. The minimum absolute atomic E-state index is 0.00272. The number of carboxylic acids is 1. The third-order valence-electron chi connectivity index (χ3n) is 9.76. The van der Waals surface area contributed by atoms with Crippen molar-refractivity contribution in [2.24, 2.45) is 29.1 Å². The Hall–Kier alpha value is -2.45. The van der Waals surface area contributed by atoms with Crippen LogP contribution in [-0.4, -0.2) is 50.0 Å². The first kappa shape index (κ1) is 28.1. The molecule has 210 valence electrons. The monoisotopic (exact) mass is 577 g/mol. The van der Waals surface area contributed by atoms with E-state index in [2.05, 4.69) is 18.9 Å². The average Bonchev–Trinajstić information content (AvgIpc) is 3.25. The van der Waals surface area contributed by atoms with Crippen molar-refractivity contribution < 1.29 is 23.9 Å². The van der Waals surface area contributed by atoms with Gasteiger partial charge >= 0.3 is 5.97 Å². The molecule has 0 bridgehead atoms. The van der Waals surface area contributed by atoms with Crippen molar-refractivity contribution in [3.8, 4) is 0 Å². The van der Waals surface area contributed by atoms with E-state index >= 15 is 0 Å². The summed E-state index contributed by atoms with van der Waals surface area (Å²) in [5, 5.41) is 13.7. The Kier molecular flexibility index (Phi) is 7.34. The molecule has 0 aliphatic heterocycles. The van der Waals surface area contributed by atoms with Crippen molar-refractivity contribution in [2.75, 3.05) is 6.54 Å². The molecule has 5 rings (SSSR count). The van der Waals surface area contributed by atoms with Crippen LogP contribution >= 0.6 is 23.2 Å². The van der Waals surface area contributed by atoms with Crippen LogP contribution in [0, 0.1) is 41.8 Å². The lowest BCUT2D eigenvalue weighted by atomic mass is 9.78. The van der Waals surface area contributed by atoms with Crippen LogP contribution in [0.1, 0.15) is 85.3 Å². The summed E-state index contributed by atoms with van der Waals surface area (Å²) in [6.07, 6.45) is 5.02. The number of rotatable bonds is 7. The fourth-order valence-corrected chi connectivity index (χ4v) is 7.81. The van der Waals surface area contributed by atoms with Crippen molar-refractivity contribution >= 4 is 40.9 Å². The molecule has 1 unspecified atom stereocenters. The fourth-order valence-electron chi connectivity index (χ4n) is 7.23. The Morgan fingerprint density at radius 2 is 1.82 bits per heavy atom. The van der Waals surface area contributed by atoms with Gasteiger partial charge in [0.15, 0.2) is 5.78 Å². The topological polar surface area (TPSA) is 92.5 Å². The summed E-state index contributed by atoms with van der Waals surface area (Å²) in [6, 6.07) is 2.27. The highest BCUT2D eigenvalue weighted by Gasteiger charge is 2.63. The highest BCUT2D eigenvalue weighted by Crippen LogP contribution is 2.67. The van der Waals surface area contributed by atoms with Crippen LogP contribution < -0.4 is 0 Å². The number of fused-ring (bicyclic) bond motifs is 1. The summed E-state index contributed by atoms with van der Waals surface area (Å²) < 4.78 is 16.0. The first-order valence-electron chi connectivity index (χ1n) is 13.6. The number of nitrogens with zero attached hydrogens (tertiary/aromatic N) is 3. The Labute approximate surface area is 237 Å². The van der Waals surface area contributed by atoms with Crippen molar-refractivity contribution in [1.29, 1.82) is 0 Å². The van der Waals surface area contributed by atoms with Crippen LogP contribution in [0.5, 0.6) is 0 Å². The molecule has 1 heterocycles. The van der Waals surface area contributed by atoms with Gasteiger partial charge in [-0.1, -0.05) is 44.0 Å². The van der Waals surface area contributed by atoms with Crippen LogP contribution in [0.4, 0.5) is 4.39 Å². The van der Waals surface area contributed by atoms with Gasteiger partial charge in [0.2, 0.25) is 0 Å². The Morgan fingerprint density at radius 3 is 2.44 bits per heavy atom. The first-order valence-corrected chi connectivity index (χ1v) is 14.3. The molecule has 1 aromatic carbocycles. The van der Waals surface area contributed by atoms with E-state index in [-0.39, 0.29) is 57.4 Å². The minimum Gasteiger partial charge on any atom is -0.481 e. The lowest BCUT2D eigenvalue weighted by molar-refractivity contribution is -0.145. The van der Waals surface area contributed by atoms with E-state index in [1.54, 1.807) is 11.1 Å². The first-order chi connectivity index (χ1) is 18.3. The van der Waals surface area contributed by atoms with Gasteiger partial charge in [-0.3, -0.25) is 19.1 Å². The van der Waals surface area contributed by atoms with Crippen molar-refractivity contribution in [2.45, 2.75) is 71.9 Å². The molecule has 1 aromatic heterocycles. The van der Waals surface area contributed by atoms with E-state index in [1.165, 1.54) is 6.07 Å². The lowest BCUT2D eigenvalue weighted by Gasteiger charge is -2.33. The molecule has 0 saturated heterocycles. The molecular formula is C29H34Cl2FN3O4. The highest BCUT2D eigenvalue weighted by molar-refractivity contribution is 6.40. The number of hydrogen-bond donors (Lipinski definition) is 1. The number of carboxylic acid groups (broad SMARTS) is 1. The number of benzene rings is 1. The maximum atomic E-state index is 14.2. The maximum absolute atomic E-state index is 14.2. The van der Waals surface area contributed by atoms with E-state index in [9.17, 15) is 23.9 Å². The second kappa shape index (κ2) is 10.2. The Morgan fingerprint density at radius 1 is 1.15 bits per heavy atom. The number of Topliss-reactive ketones (excluding diaryl/α,β-unsaturated/α-hetero) is 1. The standard InChI is InChI=1S/C29H34Cl2FN3O4/c1-14-9-16(5-6-18(14)28(38)39)35-15(2)19(12-33-35)27(37)34(17-10-20-21(11-17)29(20,3)4)13-24(36)25-22(30)7-8-23(32)26(25)31/h7-8,12,14,16-18,20-21H,5-6,9-11,13H2,1-4H3,(H,38,39)/t14-,16+,17?,18+,20-,21+/m1/s1. The maximum Gasteiger partial charge on any atom is 0.306 e. The van der Waals surface area contributed by atoms with Gasteiger partial charge < -0.3 is 10.0 Å². The van der Waals surface area contributed by atoms with Crippen molar-refractivity contribution in [3.05, 3.63) is 51.0 Å². The molecule has 39 heavy (non-hydrogen) atoms. The van der Waals surface area contributed by atoms with E-state index in [1.807, 2.05) is 18.5 Å². The van der Waals surface area contributed by atoms with Crippen LogP contribution in [0.15, 0.2) is 18.3 Å². The lowest BCUT2D eigenvalue weighted by Crippen LogP contribution is -2.44. The molecule has 0 spiro atoms. The second-order valence-corrected chi connectivity index (χ2v) is 13.0. The summed E-state index contributed by atoms with van der Waals surface area (Å²) in [4.78, 5) is 40.6. The molecule has 3 fully saturated rings. The number of halogens is 3. The fraction of sp³-hybridized carbons (Fsp3) is 0.586. The summed E-state index contributed by atoms with van der Waals surface area (Å²) >= 11 is 12.4. The molecule has 0 radical (unpaired) electrons. The molecule has 3 aliphatic rings. The van der Waals surface area contributed by atoms with Crippen LogP contribution in [0.2, 0.25) is 10.0 Å². The van der Waals surface area contributed by atoms with Gasteiger partial charge in [-0.15, -0.1) is 0 Å². The normalized spacial score (nSPS) is 29.1. The summed E-state index contributed by atoms with van der Waals surface area (Å²) in [7, 11) is 0. The zero-order valence-electron chi connectivity index (χ0n) is 22.6. The van der Waals surface area contributed by atoms with E-state index in [0.29, 0.717) is 42.4 Å². The molecular weight excluding hydrogens is 544 g/mol. The minimum atomic E-state index is -0.773. The van der Waals surface area contributed by atoms with Crippen LogP contribution in [0.3, 0.4) is 0 Å². The molecule has 1 N–H and O–H groups in total. The van der Waals surface area contributed by atoms with Crippen LogP contribution in [-0.2, 0) is 4.79 Å². The third-order valence-corrected chi connectivity index (χ3v) is 10.4. The van der Waals surface area contributed by atoms with Gasteiger partial charge in [-0.25, -0.2) is 4.39 Å². The zero-order chi connectivity index (χ0) is 28.4. The molecule has 1 amide bonds. The van der Waals surface area contributed by atoms with E-state index in [0.717, 1.165) is 18.9 Å². The Balaban J connectivity index is 1.41. The third kappa shape index (κ3) is 4.88. The molecule has 10 heteroatoms. The van der Waals surface area contributed by atoms with Gasteiger partial charge in [-0.05, 0) is 74.3 Å². The largest absolute Gasteiger partial charge is 0.481 e. The molecule has 2 aromatic rings. The zero-order valence-corrected chi connectivity index (χ0v) is 24.1. The second-order valence-electron chi connectivity index (χ2n) is 12.2. The average molecular weight is 579 g/mol. The van der Waals surface area contributed by atoms with Crippen LogP contribution in [0.25, 0.3) is 0 Å². The predicted octanol–water partition coefficient (Wildman–Crippen LogP) is 6.46. The SMILES string of the molecule is Cc1c(C(=O)N(CC(=O)c2c(Cl)ccc(F)c2Cl)C2C[C@@H]3[C@H](C2)C3(C)C)cnn1[C@H]1CC[C@H](C(=O)O)[C@H](C)C1. The summed E-state index contributed by atoms with van der Waals surface area (Å²) in [6.45, 7) is 7.98. The molecule has 3 aliphatic carbocycles. The smallest absolute Gasteiger partial charge is 0.306 e. The molecule has 7 nitrogen and oxygen atoms in total. The van der Waals surface area contributed by atoms with Gasteiger partial charge in [0.1, 0.15) is 5.82 Å². The van der Waals surface area contributed by atoms with E-state index in [4.69, 9.17) is 23.2 Å². The number of carbonyl (C=O) groups excluding carboxylic acids is 2.